The van der Waals surface area contributed by atoms with Gasteiger partial charge >= 0.3 is 0 Å². The molecule has 1 amide bonds. The van der Waals surface area contributed by atoms with E-state index in [0.29, 0.717) is 17.6 Å². The lowest BCUT2D eigenvalue weighted by molar-refractivity contribution is 0.0660. The second-order valence-corrected chi connectivity index (χ2v) is 8.58. The van der Waals surface area contributed by atoms with E-state index < -0.39 is 34.7 Å². The Labute approximate surface area is 218 Å². The molecule has 2 aromatic heterocycles. The number of para-hydroxylation sites is 1. The van der Waals surface area contributed by atoms with Crippen LogP contribution in [0.4, 0.5) is 14.5 Å². The molecule has 2 aromatic carbocycles. The molecule has 194 valence electrons. The first-order valence-electron chi connectivity index (χ1n) is 12.0. The summed E-state index contributed by atoms with van der Waals surface area (Å²) in [6, 6.07) is 13.7. The summed E-state index contributed by atoms with van der Waals surface area (Å²) in [5, 5.41) is 0. The van der Waals surface area contributed by atoms with Crippen molar-refractivity contribution in [3.8, 4) is 12.3 Å². The molecule has 0 saturated heterocycles. The third kappa shape index (κ3) is 5.23. The largest absolute Gasteiger partial charge is 0.330 e. The molecule has 0 fully saturated rings. The highest BCUT2D eigenvalue weighted by Gasteiger charge is 2.32. The number of nitrogens with one attached hydrogen (secondary N) is 1. The van der Waals surface area contributed by atoms with Crippen molar-refractivity contribution in [2.75, 3.05) is 18.5 Å². The van der Waals surface area contributed by atoms with Gasteiger partial charge in [-0.15, -0.1) is 12.3 Å². The Bertz CT molecular complexity index is 1570. The number of aromatic nitrogens is 3. The maximum Gasteiger partial charge on any atom is 0.298 e. The van der Waals surface area contributed by atoms with Crippen LogP contribution in [0.5, 0.6) is 0 Å². The second kappa shape index (κ2) is 11.6. The molecule has 0 aliphatic rings. The number of carbonyl (C=O) groups is 1. The van der Waals surface area contributed by atoms with Crippen molar-refractivity contribution in [1.29, 1.82) is 0 Å². The van der Waals surface area contributed by atoms with E-state index in [4.69, 9.17) is 12.2 Å². The molecule has 10 heteroatoms. The molecule has 0 bridgehead atoms. The maximum atomic E-state index is 14.9. The number of hydrogen-bond acceptors (Lipinski definition) is 6. The number of amides is 1. The number of benzene rings is 2. The minimum atomic E-state index is -1.26. The fraction of sp³-hybridized carbons (Fsp3) is 0.214. The van der Waals surface area contributed by atoms with Crippen LogP contribution in [0.25, 0.3) is 11.0 Å². The fourth-order valence-electron chi connectivity index (χ4n) is 4.09. The van der Waals surface area contributed by atoms with E-state index in [2.05, 4.69) is 21.3 Å². The van der Waals surface area contributed by atoms with Gasteiger partial charge in [-0.3, -0.25) is 15.0 Å². The highest BCUT2D eigenvalue weighted by molar-refractivity contribution is 5.95. The Morgan fingerprint density at radius 1 is 1.16 bits per heavy atom. The standard InChI is InChI=1S/C28H26F2N6O2/c1-3-9-22(35(17-8-15-31)27(37)20-14-13-18(2)23(29)24(20)30)26-33-21-12-7-16-32-25(21)28(38)36(26)34-19-10-5-4-6-11-19/h1,4-7,10-14,16,22,34H,8-9,15,17,31H2,2H3/t22-/m1/s1. The van der Waals surface area contributed by atoms with Gasteiger partial charge in [0.15, 0.2) is 23.0 Å². The first kappa shape index (κ1) is 26.4. The number of pyridine rings is 1. The molecular formula is C28H26F2N6O2. The number of fused-ring (bicyclic) bond motifs is 1. The zero-order valence-corrected chi connectivity index (χ0v) is 20.7. The van der Waals surface area contributed by atoms with Crippen LogP contribution in [0, 0.1) is 30.9 Å². The van der Waals surface area contributed by atoms with Crippen molar-refractivity contribution in [1.82, 2.24) is 19.5 Å². The molecule has 2 heterocycles. The van der Waals surface area contributed by atoms with Gasteiger partial charge in [0.1, 0.15) is 6.04 Å². The Morgan fingerprint density at radius 3 is 2.63 bits per heavy atom. The summed E-state index contributed by atoms with van der Waals surface area (Å²) in [4.78, 5) is 37.4. The van der Waals surface area contributed by atoms with Crippen molar-refractivity contribution in [2.45, 2.75) is 25.8 Å². The minimum absolute atomic E-state index is 0.0584. The van der Waals surface area contributed by atoms with Crippen LogP contribution in [-0.2, 0) is 0 Å². The summed E-state index contributed by atoms with van der Waals surface area (Å²) in [5.74, 6) is -0.537. The van der Waals surface area contributed by atoms with Crippen molar-refractivity contribution < 1.29 is 13.6 Å². The lowest BCUT2D eigenvalue weighted by Gasteiger charge is -2.32. The van der Waals surface area contributed by atoms with Crippen LogP contribution in [0.3, 0.4) is 0 Å². The molecule has 0 radical (unpaired) electrons. The average molecular weight is 517 g/mol. The van der Waals surface area contributed by atoms with Crippen LogP contribution in [0.15, 0.2) is 65.6 Å². The van der Waals surface area contributed by atoms with Gasteiger partial charge in [0, 0.05) is 19.2 Å². The third-order valence-electron chi connectivity index (χ3n) is 6.03. The van der Waals surface area contributed by atoms with Gasteiger partial charge < -0.3 is 10.6 Å². The lowest BCUT2D eigenvalue weighted by Crippen LogP contribution is -2.42. The molecule has 4 rings (SSSR count). The van der Waals surface area contributed by atoms with Gasteiger partial charge in [-0.05, 0) is 55.8 Å². The second-order valence-electron chi connectivity index (χ2n) is 8.58. The zero-order valence-electron chi connectivity index (χ0n) is 20.7. The first-order valence-corrected chi connectivity index (χ1v) is 12.0. The maximum absolute atomic E-state index is 14.9. The number of anilines is 1. The number of nitrogens with two attached hydrogens (primary N) is 1. The van der Waals surface area contributed by atoms with Gasteiger partial charge in [-0.2, -0.15) is 0 Å². The number of terminal acetylenes is 1. The third-order valence-corrected chi connectivity index (χ3v) is 6.03. The van der Waals surface area contributed by atoms with Crippen molar-refractivity contribution in [3.05, 3.63) is 99.7 Å². The Hall–Kier alpha value is -4.62. The predicted molar refractivity (Wildman–Crippen MR) is 141 cm³/mol. The molecule has 0 unspecified atom stereocenters. The summed E-state index contributed by atoms with van der Waals surface area (Å²) >= 11 is 0. The van der Waals surface area contributed by atoms with Crippen LogP contribution < -0.4 is 16.7 Å². The number of aryl methyl sites for hydroxylation is 1. The smallest absolute Gasteiger partial charge is 0.298 e. The molecule has 38 heavy (non-hydrogen) atoms. The SMILES string of the molecule is C#CC[C@H](c1nc2cccnc2c(=O)n1Nc1ccccc1)N(CCCN)C(=O)c1ccc(C)c(F)c1F. The summed E-state index contributed by atoms with van der Waals surface area (Å²) in [6.07, 6.45) is 7.45. The predicted octanol–water partition coefficient (Wildman–Crippen LogP) is 3.81. The molecular weight excluding hydrogens is 490 g/mol. The normalized spacial score (nSPS) is 11.7. The van der Waals surface area contributed by atoms with Gasteiger partial charge in [0.05, 0.1) is 16.8 Å². The average Bonchev–Trinajstić information content (AvgIpc) is 2.93. The van der Waals surface area contributed by atoms with E-state index in [-0.39, 0.29) is 36.4 Å². The molecule has 0 saturated carbocycles. The zero-order chi connectivity index (χ0) is 27.2. The number of halogens is 2. The Morgan fingerprint density at radius 2 is 1.92 bits per heavy atom. The fourth-order valence-corrected chi connectivity index (χ4v) is 4.09. The highest BCUT2D eigenvalue weighted by atomic mass is 19.2. The molecule has 8 nitrogen and oxygen atoms in total. The van der Waals surface area contributed by atoms with Gasteiger partial charge in [0.25, 0.3) is 11.5 Å². The summed E-state index contributed by atoms with van der Waals surface area (Å²) in [5.41, 5.74) is 8.81. The number of rotatable bonds is 9. The highest BCUT2D eigenvalue weighted by Crippen LogP contribution is 2.27. The van der Waals surface area contributed by atoms with Gasteiger partial charge in [-0.25, -0.2) is 23.4 Å². The van der Waals surface area contributed by atoms with Gasteiger partial charge in [-0.1, -0.05) is 24.3 Å². The van der Waals surface area contributed by atoms with Gasteiger partial charge in [0.2, 0.25) is 0 Å². The van der Waals surface area contributed by atoms with E-state index in [1.54, 1.807) is 36.4 Å². The number of carbonyl (C=O) groups excluding carboxylic acids is 1. The Balaban J connectivity index is 1.93. The quantitative estimate of drug-likeness (QED) is 0.328. The van der Waals surface area contributed by atoms with E-state index in [9.17, 15) is 18.4 Å². The van der Waals surface area contributed by atoms with E-state index in [0.717, 1.165) is 0 Å². The van der Waals surface area contributed by atoms with Crippen LogP contribution >= 0.6 is 0 Å². The minimum Gasteiger partial charge on any atom is -0.330 e. The van der Waals surface area contributed by atoms with Crippen LogP contribution in [0.2, 0.25) is 0 Å². The monoisotopic (exact) mass is 516 g/mol. The molecule has 0 aliphatic carbocycles. The Kier molecular flexibility index (Phi) is 8.09. The van der Waals surface area contributed by atoms with E-state index >= 15 is 0 Å². The van der Waals surface area contributed by atoms with Crippen molar-refractivity contribution >= 4 is 22.6 Å². The molecule has 0 aliphatic heterocycles. The summed E-state index contributed by atoms with van der Waals surface area (Å²) in [7, 11) is 0. The number of nitrogens with zero attached hydrogens (tertiary/aromatic N) is 4. The van der Waals surface area contributed by atoms with Crippen molar-refractivity contribution in [2.24, 2.45) is 5.73 Å². The molecule has 1 atom stereocenters. The number of hydrogen-bond donors (Lipinski definition) is 2. The summed E-state index contributed by atoms with van der Waals surface area (Å²) in [6.45, 7) is 1.69. The van der Waals surface area contributed by atoms with E-state index in [1.165, 1.54) is 34.8 Å². The van der Waals surface area contributed by atoms with Crippen LogP contribution in [-0.4, -0.2) is 38.5 Å². The van der Waals surface area contributed by atoms with Crippen molar-refractivity contribution in [3.63, 3.8) is 0 Å². The first-order chi connectivity index (χ1) is 18.4. The summed E-state index contributed by atoms with van der Waals surface area (Å²) < 4.78 is 30.5. The van der Waals surface area contributed by atoms with E-state index in [1.807, 2.05) is 6.07 Å². The molecule has 4 aromatic rings. The molecule has 3 N–H and O–H groups in total. The van der Waals surface area contributed by atoms with Crippen LogP contribution in [0.1, 0.15) is 40.6 Å². The lowest BCUT2D eigenvalue weighted by atomic mass is 10.1. The molecule has 0 spiro atoms. The topological polar surface area (TPSA) is 106 Å².